The summed E-state index contributed by atoms with van der Waals surface area (Å²) in [6.45, 7) is 23.7. The minimum atomic E-state index is -0.195. The van der Waals surface area contributed by atoms with Gasteiger partial charge in [-0.05, 0) is 167 Å². The van der Waals surface area contributed by atoms with E-state index in [0.717, 1.165) is 78.7 Å². The van der Waals surface area contributed by atoms with Crippen molar-refractivity contribution in [3.05, 3.63) is 279 Å². The van der Waals surface area contributed by atoms with Gasteiger partial charge in [0, 0.05) is 18.6 Å². The number of nitrogens with zero attached hydrogens (tertiary/aromatic N) is 3. The molecule has 0 fully saturated rings. The molecule has 21 aliphatic rings. The maximum absolute atomic E-state index is 5.27. The van der Waals surface area contributed by atoms with E-state index in [1.165, 1.54) is 89.0 Å². The van der Waals surface area contributed by atoms with E-state index in [4.69, 9.17) is 15.0 Å². The second-order valence-corrected chi connectivity index (χ2v) is 27.1. The maximum atomic E-state index is 5.27. The van der Waals surface area contributed by atoms with Crippen LogP contribution in [0.4, 0.5) is 0 Å². The average molecular weight is 1260 g/mol. The minimum absolute atomic E-state index is 0. The molecule has 0 radical (unpaired) electrons. The molecule has 0 spiro atoms. The van der Waals surface area contributed by atoms with Crippen LogP contribution in [0.5, 0.6) is 0 Å². The molecule has 4 heteroatoms. The van der Waals surface area contributed by atoms with Crippen LogP contribution in [0, 0.1) is 18.2 Å². The fraction of sp³-hybridized carbons (Fsp3) is 0.278. The van der Waals surface area contributed by atoms with Gasteiger partial charge in [0.05, 0.1) is 0 Å². The van der Waals surface area contributed by atoms with E-state index < -0.39 is 0 Å². The van der Waals surface area contributed by atoms with Gasteiger partial charge in [-0.25, -0.2) is 0 Å². The molecular formula is C79H76IrN3. The van der Waals surface area contributed by atoms with Crippen LogP contribution in [0.25, 0.3) is 56.0 Å². The van der Waals surface area contributed by atoms with Gasteiger partial charge in [0.15, 0.2) is 0 Å². The van der Waals surface area contributed by atoms with Crippen molar-refractivity contribution in [3.63, 3.8) is 0 Å². The Morgan fingerprint density at radius 2 is 0.687 bits per heavy atom. The summed E-state index contributed by atoms with van der Waals surface area (Å²) in [6.07, 6.45) is 12.4. The van der Waals surface area contributed by atoms with Gasteiger partial charge in [-0.1, -0.05) is 184 Å². The second-order valence-electron chi connectivity index (χ2n) is 27.1. The van der Waals surface area contributed by atoms with Crippen LogP contribution in [0.1, 0.15) is 136 Å². The summed E-state index contributed by atoms with van der Waals surface area (Å²) in [5, 5.41) is 0. The normalized spacial score (nSPS) is 16.6. The predicted molar refractivity (Wildman–Crippen MR) is 340 cm³/mol. The van der Waals surface area contributed by atoms with Crippen LogP contribution in [0.2, 0.25) is 0 Å². The molecular weight excluding hydrogens is 1180 g/mol. The van der Waals surface area contributed by atoms with Crippen molar-refractivity contribution in [1.29, 1.82) is 0 Å². The Bertz CT molecular complexity index is 3770. The molecule has 9 aliphatic carbocycles. The number of rotatable bonds is 2. The molecule has 0 N–H and O–H groups in total. The van der Waals surface area contributed by atoms with E-state index in [-0.39, 0.29) is 47.2 Å². The van der Waals surface area contributed by atoms with Gasteiger partial charge in [0.1, 0.15) is 0 Å². The summed E-state index contributed by atoms with van der Waals surface area (Å²) in [7, 11) is 0. The van der Waals surface area contributed by atoms with Crippen molar-refractivity contribution in [2.24, 2.45) is 0 Å². The van der Waals surface area contributed by atoms with Crippen molar-refractivity contribution in [1.82, 2.24) is 15.0 Å². The van der Waals surface area contributed by atoms with Gasteiger partial charge in [0.25, 0.3) is 0 Å². The smallest absolute Gasteiger partial charge is 0.304 e. The monoisotopic (exact) mass is 1260 g/mol. The van der Waals surface area contributed by atoms with Crippen LogP contribution in [-0.2, 0) is 92.1 Å². The molecule has 3 aromatic heterocycles. The molecule has 0 atom stereocenters. The van der Waals surface area contributed by atoms with Gasteiger partial charge in [-0.15, -0.1) is 106 Å². The van der Waals surface area contributed by atoms with E-state index in [9.17, 15) is 0 Å². The quantitative estimate of drug-likeness (QED) is 0.162. The van der Waals surface area contributed by atoms with E-state index in [0.29, 0.717) is 0 Å². The summed E-state index contributed by atoms with van der Waals surface area (Å²) >= 11 is 0. The third-order valence-corrected chi connectivity index (χ3v) is 18.1. The summed E-state index contributed by atoms with van der Waals surface area (Å²) < 4.78 is 0. The standard InChI is InChI=1S/C79H76N3.Ir/c1-75(2)45-56-40-57-42-58(41-56)47-77(5,6)68-31-25-62(26-32-68)74-44-71(64-18-14-17-63(43-64)59-15-12-11-13-16-59)65(50-80-74)20-19-53-37-54(48-78(7,8)69-33-35-72(81-51-69)60-21-27-66(75)28-22-60)39-55(38-53)49-79(9,10)70-34-36-73(82-52-70)61-23-29-67(30-24-61)76(3,4)46-57;/h11-18,21,23,25,27-44,50-52H,19-20,45-49H2,1-10H3;/q-3;+3. The molecule has 3 nitrogen and oxygen atoms in total. The van der Waals surface area contributed by atoms with Crippen LogP contribution < -0.4 is 0 Å². The maximum Gasteiger partial charge on any atom is 3.00 e. The number of aryl methyl sites for hydroxylation is 2. The molecule has 0 saturated heterocycles. The molecule has 416 valence electrons. The topological polar surface area (TPSA) is 38.7 Å². The van der Waals surface area contributed by atoms with Crippen molar-refractivity contribution >= 4 is 0 Å². The van der Waals surface area contributed by atoms with Crippen molar-refractivity contribution in [2.75, 3.05) is 0 Å². The van der Waals surface area contributed by atoms with Crippen molar-refractivity contribution in [2.45, 2.75) is 141 Å². The Kier molecular flexibility index (Phi) is 15.7. The molecule has 0 saturated carbocycles. The third kappa shape index (κ3) is 12.5. The zero-order valence-corrected chi connectivity index (χ0v) is 52.5. The average Bonchev–Trinajstić information content (AvgIpc) is 3.34. The van der Waals surface area contributed by atoms with Crippen molar-refractivity contribution in [3.8, 4) is 56.0 Å². The van der Waals surface area contributed by atoms with Crippen molar-refractivity contribution < 1.29 is 20.1 Å². The third-order valence-electron chi connectivity index (χ3n) is 18.1. The summed E-state index contributed by atoms with van der Waals surface area (Å²) in [5.41, 5.74) is 25.1. The molecule has 0 unspecified atom stereocenters. The van der Waals surface area contributed by atoms with Gasteiger partial charge in [0.2, 0.25) is 0 Å². The first-order valence-electron chi connectivity index (χ1n) is 29.6. The number of hydrogen-bond donors (Lipinski definition) is 0. The van der Waals surface area contributed by atoms with E-state index in [1.807, 2.05) is 0 Å². The molecule has 18 bridgehead atoms. The SMILES string of the molecule is CC1(C)Cc2cc3cc(c2)CC(C)(C)c2c[c-]c(cc2)-c2cc(-c4cccc(-c5ccccc5)c4)c(cn2)CCc2cc(cc(c2)CC(C)(C)c2ccc(nc2)-c2[c-]cc(cc2)C(C)(C)C3)CC(C)(C)c2ccc(nc2)-c2[c-]cc1cc2.[Ir+3]. The Morgan fingerprint density at radius 1 is 0.313 bits per heavy atom. The van der Waals surface area contributed by atoms with Crippen LogP contribution in [0.15, 0.2) is 195 Å². The largest absolute Gasteiger partial charge is 3.00 e. The summed E-state index contributed by atoms with van der Waals surface area (Å²) in [6, 6.07) is 77.1. The number of pyridine rings is 3. The van der Waals surface area contributed by atoms with Crippen LogP contribution >= 0.6 is 0 Å². The van der Waals surface area contributed by atoms with Crippen LogP contribution in [-0.4, -0.2) is 15.0 Å². The molecule has 7 aromatic carbocycles. The zero-order chi connectivity index (χ0) is 57.0. The number of aromatic nitrogens is 3. The van der Waals surface area contributed by atoms with Gasteiger partial charge in [-0.2, -0.15) is 0 Å². The molecule has 12 aliphatic heterocycles. The summed E-state index contributed by atoms with van der Waals surface area (Å²) in [5.74, 6) is 0. The number of benzene rings is 7. The first kappa shape index (κ1) is 57.5. The number of hydrogen-bond acceptors (Lipinski definition) is 3. The molecule has 31 rings (SSSR count). The van der Waals surface area contributed by atoms with Gasteiger partial charge in [-0.3, -0.25) is 0 Å². The van der Waals surface area contributed by atoms with Crippen LogP contribution in [0.3, 0.4) is 0 Å². The first-order valence-corrected chi connectivity index (χ1v) is 29.6. The van der Waals surface area contributed by atoms with Gasteiger partial charge >= 0.3 is 20.1 Å². The zero-order valence-electron chi connectivity index (χ0n) is 50.1. The summed E-state index contributed by atoms with van der Waals surface area (Å²) in [4.78, 5) is 15.5. The Balaban J connectivity index is 0.00000721. The Hall–Kier alpha value is -7.36. The van der Waals surface area contributed by atoms with E-state index >= 15 is 0 Å². The van der Waals surface area contributed by atoms with E-state index in [2.05, 4.69) is 282 Å². The molecule has 0 amide bonds. The Morgan fingerprint density at radius 3 is 1.10 bits per heavy atom. The minimum Gasteiger partial charge on any atom is -0.304 e. The molecule has 10 aromatic rings. The fourth-order valence-corrected chi connectivity index (χ4v) is 13.2. The first-order chi connectivity index (χ1) is 39.2. The predicted octanol–water partition coefficient (Wildman–Crippen LogP) is 18.6. The molecule has 15 heterocycles. The van der Waals surface area contributed by atoms with E-state index in [1.54, 1.807) is 0 Å². The molecule has 83 heavy (non-hydrogen) atoms. The fourth-order valence-electron chi connectivity index (χ4n) is 13.2. The second kappa shape index (κ2) is 22.7. The Labute approximate surface area is 508 Å². The van der Waals surface area contributed by atoms with Gasteiger partial charge < -0.3 is 15.0 Å².